The Hall–Kier alpha value is -3.44. The third-order valence-corrected chi connectivity index (χ3v) is 4.50. The van der Waals surface area contributed by atoms with Gasteiger partial charge < -0.3 is 15.2 Å². The first-order valence-corrected chi connectivity index (χ1v) is 9.46. The van der Waals surface area contributed by atoms with Crippen LogP contribution in [0, 0.1) is 0 Å². The van der Waals surface area contributed by atoms with E-state index < -0.39 is 12.1 Å². The van der Waals surface area contributed by atoms with Crippen molar-refractivity contribution in [3.05, 3.63) is 90.0 Å². The van der Waals surface area contributed by atoms with Crippen LogP contribution in [0.15, 0.2) is 78.9 Å². The fraction of sp³-hybridized carbons (Fsp3) is 0.167. The smallest absolute Gasteiger partial charge is 0.340 e. The van der Waals surface area contributed by atoms with Crippen molar-refractivity contribution in [2.24, 2.45) is 0 Å². The third-order valence-electron chi connectivity index (χ3n) is 4.50. The molecule has 0 fully saturated rings. The molecular weight excluding hydrogens is 366 g/mol. The molecule has 3 aromatic rings. The average Bonchev–Trinajstić information content (AvgIpc) is 2.78. The number of hydrogen-bond donors (Lipinski definition) is 2. The third kappa shape index (κ3) is 5.30. The van der Waals surface area contributed by atoms with Crippen molar-refractivity contribution in [3.63, 3.8) is 0 Å². The second kappa shape index (κ2) is 9.66. The van der Waals surface area contributed by atoms with Gasteiger partial charge in [0.1, 0.15) is 6.61 Å². The summed E-state index contributed by atoms with van der Waals surface area (Å²) < 4.78 is 5.24. The molecular formula is C24H23NO4. The normalized spacial score (nSPS) is 11.5. The van der Waals surface area contributed by atoms with Gasteiger partial charge in [-0.25, -0.2) is 4.79 Å². The van der Waals surface area contributed by atoms with Crippen molar-refractivity contribution >= 4 is 17.6 Å². The summed E-state index contributed by atoms with van der Waals surface area (Å²) in [6.07, 6.45) is -1.22. The maximum atomic E-state index is 12.4. The molecule has 0 heterocycles. The standard InChI is InChI=1S/C24H23NO4/c1-2-22(26)25-21-15-19(18-11-7-4-8-12-18)13-14-20(21)23(27)24(28)29-16-17-9-5-3-6-10-17/h3-15,23,27H,2,16H2,1H3,(H,25,26). The number of amides is 1. The molecule has 0 aliphatic heterocycles. The molecule has 148 valence electrons. The number of carbonyl (C=O) groups is 2. The van der Waals surface area contributed by atoms with E-state index in [0.717, 1.165) is 16.7 Å². The molecule has 3 aromatic carbocycles. The largest absolute Gasteiger partial charge is 0.459 e. The number of carbonyl (C=O) groups excluding carboxylic acids is 2. The molecule has 2 N–H and O–H groups in total. The average molecular weight is 389 g/mol. The fourth-order valence-electron chi connectivity index (χ4n) is 2.89. The Balaban J connectivity index is 1.83. The second-order valence-electron chi connectivity index (χ2n) is 6.57. The Bertz CT molecular complexity index is 971. The molecule has 1 unspecified atom stereocenters. The van der Waals surface area contributed by atoms with Gasteiger partial charge in [-0.3, -0.25) is 4.79 Å². The summed E-state index contributed by atoms with van der Waals surface area (Å²) in [5.41, 5.74) is 3.34. The van der Waals surface area contributed by atoms with Crippen LogP contribution in [0.25, 0.3) is 11.1 Å². The van der Waals surface area contributed by atoms with Crippen LogP contribution in [0.2, 0.25) is 0 Å². The Morgan fingerprint density at radius 3 is 2.24 bits per heavy atom. The molecule has 0 radical (unpaired) electrons. The van der Waals surface area contributed by atoms with E-state index in [9.17, 15) is 14.7 Å². The summed E-state index contributed by atoms with van der Waals surface area (Å²) >= 11 is 0. The molecule has 3 rings (SSSR count). The number of aliphatic hydroxyl groups excluding tert-OH is 1. The number of aliphatic hydroxyl groups is 1. The van der Waals surface area contributed by atoms with Gasteiger partial charge in [0.2, 0.25) is 5.91 Å². The van der Waals surface area contributed by atoms with E-state index in [1.807, 2.05) is 60.7 Å². The molecule has 5 heteroatoms. The zero-order valence-electron chi connectivity index (χ0n) is 16.2. The zero-order valence-corrected chi connectivity index (χ0v) is 16.2. The first kappa shape index (κ1) is 20.3. The topological polar surface area (TPSA) is 75.6 Å². The summed E-state index contributed by atoms with van der Waals surface area (Å²) in [5, 5.41) is 13.3. The maximum absolute atomic E-state index is 12.4. The monoisotopic (exact) mass is 389 g/mol. The van der Waals surface area contributed by atoms with E-state index in [-0.39, 0.29) is 18.9 Å². The maximum Gasteiger partial charge on any atom is 0.340 e. The lowest BCUT2D eigenvalue weighted by atomic mass is 9.99. The minimum atomic E-state index is -1.50. The molecule has 1 atom stereocenters. The van der Waals surface area contributed by atoms with Gasteiger partial charge >= 0.3 is 5.97 Å². The lowest BCUT2D eigenvalue weighted by Gasteiger charge is -2.17. The van der Waals surface area contributed by atoms with Crippen LogP contribution < -0.4 is 5.32 Å². The molecule has 0 spiro atoms. The molecule has 0 saturated carbocycles. The Morgan fingerprint density at radius 1 is 0.931 bits per heavy atom. The van der Waals surface area contributed by atoms with Gasteiger partial charge in [0.25, 0.3) is 0 Å². The number of nitrogens with one attached hydrogen (secondary N) is 1. The number of anilines is 1. The summed E-state index contributed by atoms with van der Waals surface area (Å²) in [7, 11) is 0. The van der Waals surface area contributed by atoms with Crippen molar-refractivity contribution in [2.45, 2.75) is 26.1 Å². The van der Waals surface area contributed by atoms with Crippen molar-refractivity contribution in [2.75, 3.05) is 5.32 Å². The highest BCUT2D eigenvalue weighted by atomic mass is 16.5. The lowest BCUT2D eigenvalue weighted by Crippen LogP contribution is -2.19. The van der Waals surface area contributed by atoms with Gasteiger partial charge in [0.05, 0.1) is 0 Å². The van der Waals surface area contributed by atoms with Crippen LogP contribution >= 0.6 is 0 Å². The minimum Gasteiger partial charge on any atom is -0.459 e. The summed E-state index contributed by atoms with van der Waals surface area (Å²) in [4.78, 5) is 24.4. The first-order valence-electron chi connectivity index (χ1n) is 9.46. The summed E-state index contributed by atoms with van der Waals surface area (Å²) in [6.45, 7) is 1.80. The second-order valence-corrected chi connectivity index (χ2v) is 6.57. The Kier molecular flexibility index (Phi) is 6.76. The summed E-state index contributed by atoms with van der Waals surface area (Å²) in [6, 6.07) is 24.1. The number of hydrogen-bond acceptors (Lipinski definition) is 4. The van der Waals surface area contributed by atoms with Crippen LogP contribution in [-0.4, -0.2) is 17.0 Å². The van der Waals surface area contributed by atoms with Crippen LogP contribution in [0.4, 0.5) is 5.69 Å². The van der Waals surface area contributed by atoms with Crippen molar-refractivity contribution in [3.8, 4) is 11.1 Å². The van der Waals surface area contributed by atoms with E-state index in [2.05, 4.69) is 5.32 Å². The number of esters is 1. The minimum absolute atomic E-state index is 0.0650. The Labute approximate surface area is 170 Å². The summed E-state index contributed by atoms with van der Waals surface area (Å²) in [5.74, 6) is -0.977. The number of benzene rings is 3. The zero-order chi connectivity index (χ0) is 20.6. The van der Waals surface area contributed by atoms with Gasteiger partial charge in [0.15, 0.2) is 6.10 Å². The van der Waals surface area contributed by atoms with Crippen LogP contribution in [0.5, 0.6) is 0 Å². The number of ether oxygens (including phenoxy) is 1. The number of rotatable bonds is 7. The highest BCUT2D eigenvalue weighted by molar-refractivity contribution is 5.93. The van der Waals surface area contributed by atoms with Crippen LogP contribution in [0.3, 0.4) is 0 Å². The predicted molar refractivity (Wildman–Crippen MR) is 112 cm³/mol. The van der Waals surface area contributed by atoms with Gasteiger partial charge in [-0.15, -0.1) is 0 Å². The molecule has 0 aromatic heterocycles. The van der Waals surface area contributed by atoms with Crippen molar-refractivity contribution in [1.82, 2.24) is 0 Å². The molecule has 0 aliphatic rings. The highest BCUT2D eigenvalue weighted by Gasteiger charge is 2.23. The quantitative estimate of drug-likeness (QED) is 0.584. The van der Waals surface area contributed by atoms with E-state index >= 15 is 0 Å². The molecule has 1 amide bonds. The lowest BCUT2D eigenvalue weighted by molar-refractivity contribution is -0.155. The van der Waals surface area contributed by atoms with Gasteiger partial charge in [-0.2, -0.15) is 0 Å². The van der Waals surface area contributed by atoms with Crippen LogP contribution in [-0.2, 0) is 20.9 Å². The van der Waals surface area contributed by atoms with E-state index in [1.54, 1.807) is 25.1 Å². The highest BCUT2D eigenvalue weighted by Crippen LogP contribution is 2.30. The van der Waals surface area contributed by atoms with Crippen molar-refractivity contribution < 1.29 is 19.4 Å². The SMILES string of the molecule is CCC(=O)Nc1cc(-c2ccccc2)ccc1C(O)C(=O)OCc1ccccc1. The molecule has 0 bridgehead atoms. The van der Waals surface area contributed by atoms with E-state index in [1.165, 1.54) is 0 Å². The van der Waals surface area contributed by atoms with E-state index in [4.69, 9.17) is 4.74 Å². The molecule has 0 aliphatic carbocycles. The van der Waals surface area contributed by atoms with Crippen LogP contribution in [0.1, 0.15) is 30.6 Å². The Morgan fingerprint density at radius 2 is 1.59 bits per heavy atom. The molecule has 29 heavy (non-hydrogen) atoms. The van der Waals surface area contributed by atoms with Gasteiger partial charge in [0, 0.05) is 17.7 Å². The van der Waals surface area contributed by atoms with E-state index in [0.29, 0.717) is 11.3 Å². The van der Waals surface area contributed by atoms with Crippen molar-refractivity contribution in [1.29, 1.82) is 0 Å². The fourth-order valence-corrected chi connectivity index (χ4v) is 2.89. The first-order chi connectivity index (χ1) is 14.1. The van der Waals surface area contributed by atoms with Gasteiger partial charge in [-0.05, 0) is 22.8 Å². The predicted octanol–water partition coefficient (Wildman–Crippen LogP) is 4.48. The molecule has 5 nitrogen and oxygen atoms in total. The molecule has 0 saturated heterocycles. The van der Waals surface area contributed by atoms with Gasteiger partial charge in [-0.1, -0.05) is 79.7 Å².